The predicted octanol–water partition coefficient (Wildman–Crippen LogP) is 1.57. The number of carboxylic acid groups (broad SMARTS) is 1. The first kappa shape index (κ1) is 16.2. The third-order valence-corrected chi connectivity index (χ3v) is 5.03. The molecule has 1 N–H and O–H groups in total. The number of fused-ring (bicyclic) bond motifs is 1. The van der Waals surface area contributed by atoms with Gasteiger partial charge in [0.1, 0.15) is 11.6 Å². The van der Waals surface area contributed by atoms with E-state index in [9.17, 15) is 19.2 Å². The van der Waals surface area contributed by atoms with Crippen molar-refractivity contribution in [2.75, 3.05) is 4.90 Å². The van der Waals surface area contributed by atoms with Gasteiger partial charge in [-0.15, -0.1) is 11.3 Å². The summed E-state index contributed by atoms with van der Waals surface area (Å²) in [5.74, 6) is -3.93. The first-order valence-electron chi connectivity index (χ1n) is 7.52. The molecule has 0 aliphatic carbocycles. The van der Waals surface area contributed by atoms with Crippen molar-refractivity contribution in [3.8, 4) is 0 Å². The highest BCUT2D eigenvalue weighted by Gasteiger charge is 2.57. The molecule has 2 amide bonds. The van der Waals surface area contributed by atoms with Crippen LogP contribution in [0.25, 0.3) is 0 Å². The second-order valence-corrected chi connectivity index (χ2v) is 6.60. The molecule has 8 nitrogen and oxygen atoms in total. The number of nitrogens with zero attached hydrogens (tertiary/aromatic N) is 2. The normalized spacial score (nSPS) is 21.4. The van der Waals surface area contributed by atoms with E-state index in [-0.39, 0.29) is 17.0 Å². The molecule has 2 aliphatic rings. The van der Waals surface area contributed by atoms with Crippen LogP contribution in [0.2, 0.25) is 0 Å². The van der Waals surface area contributed by atoms with E-state index in [1.165, 1.54) is 35.6 Å². The molecule has 2 atom stereocenters. The molecule has 1 saturated heterocycles. The second kappa shape index (κ2) is 5.88. The molecule has 1 fully saturated rings. The Morgan fingerprint density at radius 3 is 2.46 bits per heavy atom. The fraction of sp³-hybridized carbons (Fsp3) is 0.118. The fourth-order valence-electron chi connectivity index (χ4n) is 2.91. The average molecular weight is 370 g/mol. The van der Waals surface area contributed by atoms with Crippen molar-refractivity contribution < 1.29 is 29.1 Å². The Labute approximate surface area is 150 Å². The molecular formula is C17H10N2O6S. The lowest BCUT2D eigenvalue weighted by Crippen LogP contribution is -2.34. The lowest BCUT2D eigenvalue weighted by atomic mass is 9.96. The van der Waals surface area contributed by atoms with E-state index in [2.05, 4.69) is 5.16 Å². The van der Waals surface area contributed by atoms with Crippen molar-refractivity contribution in [1.29, 1.82) is 0 Å². The lowest BCUT2D eigenvalue weighted by molar-refractivity contribution is -0.126. The smallest absolute Gasteiger partial charge is 0.335 e. The third kappa shape index (κ3) is 2.32. The van der Waals surface area contributed by atoms with Gasteiger partial charge in [0.2, 0.25) is 17.8 Å². The van der Waals surface area contributed by atoms with Gasteiger partial charge in [-0.25, -0.2) is 9.69 Å². The molecule has 1 aromatic carbocycles. The van der Waals surface area contributed by atoms with Gasteiger partial charge in [0.15, 0.2) is 0 Å². The maximum absolute atomic E-state index is 12.8. The Balaban J connectivity index is 1.64. The zero-order chi connectivity index (χ0) is 18.4. The minimum atomic E-state index is -1.18. The van der Waals surface area contributed by atoms with Crippen molar-refractivity contribution in [3.63, 3.8) is 0 Å². The maximum atomic E-state index is 12.8. The predicted molar refractivity (Wildman–Crippen MR) is 90.3 cm³/mol. The number of amides is 2. The number of carbonyl (C=O) groups excluding carboxylic acids is 3. The van der Waals surface area contributed by atoms with E-state index >= 15 is 0 Å². The summed E-state index contributed by atoms with van der Waals surface area (Å²) in [5.41, 5.74) is 0.144. The summed E-state index contributed by atoms with van der Waals surface area (Å²) in [4.78, 5) is 55.2. The SMILES string of the molecule is O=C(O)c1ccc(N2C(=O)C3ON=C(C(=O)c4cccs4)C3C2=O)cc1. The molecule has 0 bridgehead atoms. The van der Waals surface area contributed by atoms with Crippen LogP contribution in [0.3, 0.4) is 0 Å². The van der Waals surface area contributed by atoms with Crippen molar-refractivity contribution in [2.24, 2.45) is 11.1 Å². The molecule has 130 valence electrons. The van der Waals surface area contributed by atoms with Crippen molar-refractivity contribution in [3.05, 3.63) is 52.2 Å². The third-order valence-electron chi connectivity index (χ3n) is 4.16. The van der Waals surface area contributed by atoms with Crippen molar-refractivity contribution >= 4 is 46.3 Å². The van der Waals surface area contributed by atoms with Gasteiger partial charge >= 0.3 is 5.97 Å². The van der Waals surface area contributed by atoms with Crippen molar-refractivity contribution in [1.82, 2.24) is 0 Å². The number of rotatable bonds is 4. The first-order valence-corrected chi connectivity index (χ1v) is 8.40. The summed E-state index contributed by atoms with van der Waals surface area (Å²) in [6, 6.07) is 8.60. The number of Topliss-reactive ketones (excluding diaryl/α,β-unsaturated/α-hetero) is 1. The average Bonchev–Trinajstić information content (AvgIpc) is 3.35. The van der Waals surface area contributed by atoms with Crippen LogP contribution in [0.15, 0.2) is 46.9 Å². The Hall–Kier alpha value is -3.33. The molecule has 2 unspecified atom stereocenters. The molecular weight excluding hydrogens is 360 g/mol. The zero-order valence-corrected chi connectivity index (χ0v) is 13.8. The van der Waals surface area contributed by atoms with Crippen LogP contribution < -0.4 is 4.90 Å². The molecule has 2 aliphatic heterocycles. The van der Waals surface area contributed by atoms with Crippen LogP contribution in [0.1, 0.15) is 20.0 Å². The molecule has 1 aromatic heterocycles. The molecule has 4 rings (SSSR count). The number of carbonyl (C=O) groups is 4. The van der Waals surface area contributed by atoms with Gasteiger partial charge in [0.25, 0.3) is 5.91 Å². The topological polar surface area (TPSA) is 113 Å². The van der Waals surface area contributed by atoms with Gasteiger partial charge < -0.3 is 9.94 Å². The molecule has 26 heavy (non-hydrogen) atoms. The van der Waals surface area contributed by atoms with Gasteiger partial charge in [0, 0.05) is 0 Å². The quantitative estimate of drug-likeness (QED) is 0.646. The number of thiophene rings is 1. The van der Waals surface area contributed by atoms with E-state index in [1.54, 1.807) is 17.5 Å². The monoisotopic (exact) mass is 370 g/mol. The van der Waals surface area contributed by atoms with Crippen LogP contribution in [0.4, 0.5) is 5.69 Å². The number of aromatic carboxylic acids is 1. The maximum Gasteiger partial charge on any atom is 0.335 e. The minimum Gasteiger partial charge on any atom is -0.478 e. The molecule has 2 aromatic rings. The van der Waals surface area contributed by atoms with Gasteiger partial charge in [-0.1, -0.05) is 11.2 Å². The van der Waals surface area contributed by atoms with Gasteiger partial charge in [-0.3, -0.25) is 14.4 Å². The van der Waals surface area contributed by atoms with Crippen LogP contribution in [-0.4, -0.2) is 40.5 Å². The Morgan fingerprint density at radius 2 is 1.85 bits per heavy atom. The summed E-state index contributed by atoms with van der Waals surface area (Å²) < 4.78 is 0. The van der Waals surface area contributed by atoms with Crippen LogP contribution in [0.5, 0.6) is 0 Å². The molecule has 0 radical (unpaired) electrons. The van der Waals surface area contributed by atoms with Gasteiger partial charge in [0.05, 0.1) is 16.1 Å². The van der Waals surface area contributed by atoms with E-state index in [0.717, 1.165) is 4.90 Å². The number of imide groups is 1. The second-order valence-electron chi connectivity index (χ2n) is 5.65. The Morgan fingerprint density at radius 1 is 1.12 bits per heavy atom. The number of hydrogen-bond donors (Lipinski definition) is 1. The summed E-state index contributed by atoms with van der Waals surface area (Å²) in [6.07, 6.45) is -1.18. The van der Waals surface area contributed by atoms with Gasteiger partial charge in [-0.05, 0) is 35.7 Å². The number of anilines is 1. The molecule has 0 saturated carbocycles. The number of carboxylic acids is 1. The van der Waals surface area contributed by atoms with E-state index < -0.39 is 35.6 Å². The summed E-state index contributed by atoms with van der Waals surface area (Å²) in [6.45, 7) is 0. The standard InChI is InChI=1S/C17H10N2O6S/c20-13(10-2-1-7-26-10)12-11-14(25-18-12)16(22)19(15(11)21)9-5-3-8(4-6-9)17(23)24/h1-7,11,14H,(H,23,24). The summed E-state index contributed by atoms with van der Waals surface area (Å²) >= 11 is 1.20. The van der Waals surface area contributed by atoms with Gasteiger partial charge in [-0.2, -0.15) is 0 Å². The number of benzene rings is 1. The van der Waals surface area contributed by atoms with Crippen LogP contribution in [-0.2, 0) is 14.4 Å². The van der Waals surface area contributed by atoms with E-state index in [1.807, 2.05) is 0 Å². The Kier molecular flexibility index (Phi) is 3.66. The largest absolute Gasteiger partial charge is 0.478 e. The molecule has 9 heteroatoms. The summed E-state index contributed by atoms with van der Waals surface area (Å²) in [7, 11) is 0. The highest BCUT2D eigenvalue weighted by Crippen LogP contribution is 2.34. The fourth-order valence-corrected chi connectivity index (χ4v) is 3.58. The van der Waals surface area contributed by atoms with Crippen LogP contribution >= 0.6 is 11.3 Å². The number of ketones is 1. The van der Waals surface area contributed by atoms with Crippen molar-refractivity contribution in [2.45, 2.75) is 6.10 Å². The summed E-state index contributed by atoms with van der Waals surface area (Å²) in [5, 5.41) is 14.3. The van der Waals surface area contributed by atoms with Crippen LogP contribution in [0, 0.1) is 5.92 Å². The zero-order valence-electron chi connectivity index (χ0n) is 13.0. The lowest BCUT2D eigenvalue weighted by Gasteiger charge is -2.15. The highest BCUT2D eigenvalue weighted by atomic mass is 32.1. The number of oxime groups is 1. The first-order chi connectivity index (χ1) is 12.5. The molecule has 3 heterocycles. The Bertz CT molecular complexity index is 964. The number of hydrogen-bond acceptors (Lipinski definition) is 7. The minimum absolute atomic E-state index is 0.0272. The van der Waals surface area contributed by atoms with E-state index in [4.69, 9.17) is 9.94 Å². The highest BCUT2D eigenvalue weighted by molar-refractivity contribution is 7.13. The van der Waals surface area contributed by atoms with E-state index in [0.29, 0.717) is 4.88 Å². The molecule has 0 spiro atoms.